The van der Waals surface area contributed by atoms with Gasteiger partial charge in [-0.25, -0.2) is 9.48 Å². The van der Waals surface area contributed by atoms with E-state index < -0.39 is 6.09 Å². The van der Waals surface area contributed by atoms with E-state index in [-0.39, 0.29) is 11.3 Å². The Balaban J connectivity index is 1.40. The second-order valence-electron chi connectivity index (χ2n) is 7.63. The Morgan fingerprint density at radius 1 is 1.35 bits per heavy atom. The second-order valence-corrected chi connectivity index (χ2v) is 7.63. The van der Waals surface area contributed by atoms with Crippen molar-refractivity contribution < 1.29 is 14.3 Å². The summed E-state index contributed by atoms with van der Waals surface area (Å²) in [6, 6.07) is 8.79. The van der Waals surface area contributed by atoms with Gasteiger partial charge >= 0.3 is 6.09 Å². The number of nitrogens with one attached hydrogen (secondary N) is 1. The summed E-state index contributed by atoms with van der Waals surface area (Å²) >= 11 is 0. The highest BCUT2D eigenvalue weighted by Crippen LogP contribution is 2.16. The minimum absolute atomic E-state index is 0.146. The van der Waals surface area contributed by atoms with E-state index >= 15 is 0 Å². The van der Waals surface area contributed by atoms with Gasteiger partial charge in [-0.05, 0) is 30.5 Å². The number of carbonyl (C=O) groups is 1. The van der Waals surface area contributed by atoms with Gasteiger partial charge < -0.3 is 9.47 Å². The van der Waals surface area contributed by atoms with Crippen LogP contribution in [0.5, 0.6) is 0 Å². The number of benzene rings is 1. The van der Waals surface area contributed by atoms with Crippen molar-refractivity contribution in [1.29, 1.82) is 0 Å². The molecule has 1 atom stereocenters. The Kier molecular flexibility index (Phi) is 6.42. The SMILES string of the molecule is Cn1cc(-n2ccc(=O)c(Cc3cccc(NC(=O)OCC4CCCOC4)c3)n2)cn1. The van der Waals surface area contributed by atoms with Crippen LogP contribution in [-0.4, -0.2) is 45.5 Å². The van der Waals surface area contributed by atoms with Crippen LogP contribution in [0.25, 0.3) is 5.69 Å². The number of anilines is 1. The predicted molar refractivity (Wildman–Crippen MR) is 114 cm³/mol. The number of ether oxygens (including phenoxy) is 2. The molecule has 3 heterocycles. The molecule has 1 saturated heterocycles. The van der Waals surface area contributed by atoms with Gasteiger partial charge in [0.1, 0.15) is 11.4 Å². The molecule has 31 heavy (non-hydrogen) atoms. The molecule has 1 aromatic carbocycles. The molecule has 162 valence electrons. The van der Waals surface area contributed by atoms with Gasteiger partial charge in [0.25, 0.3) is 0 Å². The first-order chi connectivity index (χ1) is 15.1. The minimum Gasteiger partial charge on any atom is -0.449 e. The molecule has 1 fully saturated rings. The molecule has 9 heteroatoms. The maximum atomic E-state index is 12.3. The summed E-state index contributed by atoms with van der Waals surface area (Å²) in [5, 5.41) is 11.3. The lowest BCUT2D eigenvalue weighted by Crippen LogP contribution is -2.25. The van der Waals surface area contributed by atoms with E-state index in [0.29, 0.717) is 31.0 Å². The molecule has 0 radical (unpaired) electrons. The zero-order valence-corrected chi connectivity index (χ0v) is 17.4. The van der Waals surface area contributed by atoms with Gasteiger partial charge in [-0.15, -0.1) is 0 Å². The zero-order valence-electron chi connectivity index (χ0n) is 17.4. The summed E-state index contributed by atoms with van der Waals surface area (Å²) in [6.07, 6.45) is 6.95. The Morgan fingerprint density at radius 2 is 2.26 bits per heavy atom. The number of hydrogen-bond acceptors (Lipinski definition) is 6. The predicted octanol–water partition coefficient (Wildman–Crippen LogP) is 2.53. The number of aryl methyl sites for hydroxylation is 1. The van der Waals surface area contributed by atoms with Crippen molar-refractivity contribution in [2.24, 2.45) is 13.0 Å². The molecule has 1 aliphatic heterocycles. The first-order valence-electron chi connectivity index (χ1n) is 10.2. The molecule has 0 spiro atoms. The van der Waals surface area contributed by atoms with Crippen LogP contribution in [0, 0.1) is 5.92 Å². The average molecular weight is 423 g/mol. The Morgan fingerprint density at radius 3 is 3.03 bits per heavy atom. The van der Waals surface area contributed by atoms with E-state index in [1.165, 1.54) is 6.07 Å². The molecule has 1 unspecified atom stereocenters. The average Bonchev–Trinajstić information content (AvgIpc) is 3.21. The molecule has 0 bridgehead atoms. The lowest BCUT2D eigenvalue weighted by molar-refractivity contribution is 0.0260. The minimum atomic E-state index is -0.500. The third-order valence-corrected chi connectivity index (χ3v) is 5.09. The van der Waals surface area contributed by atoms with Crippen LogP contribution in [0.4, 0.5) is 10.5 Å². The van der Waals surface area contributed by atoms with Crippen LogP contribution in [-0.2, 0) is 22.9 Å². The highest BCUT2D eigenvalue weighted by molar-refractivity contribution is 5.84. The summed E-state index contributed by atoms with van der Waals surface area (Å²) in [7, 11) is 1.82. The maximum absolute atomic E-state index is 12.3. The van der Waals surface area contributed by atoms with E-state index in [1.807, 2.05) is 31.4 Å². The van der Waals surface area contributed by atoms with Crippen LogP contribution >= 0.6 is 0 Å². The molecule has 0 saturated carbocycles. The fourth-order valence-corrected chi connectivity index (χ4v) is 3.48. The van der Waals surface area contributed by atoms with Crippen LogP contribution in [0.15, 0.2) is 53.7 Å². The van der Waals surface area contributed by atoms with E-state index in [4.69, 9.17) is 9.47 Å². The largest absolute Gasteiger partial charge is 0.449 e. The molecule has 4 rings (SSSR count). The summed E-state index contributed by atoms with van der Waals surface area (Å²) in [6.45, 7) is 1.75. The normalized spacial score (nSPS) is 16.1. The summed E-state index contributed by atoms with van der Waals surface area (Å²) in [4.78, 5) is 24.4. The van der Waals surface area contributed by atoms with Crippen molar-refractivity contribution in [3.63, 3.8) is 0 Å². The maximum Gasteiger partial charge on any atom is 0.411 e. The van der Waals surface area contributed by atoms with Crippen molar-refractivity contribution in [3.8, 4) is 5.69 Å². The zero-order chi connectivity index (χ0) is 21.6. The van der Waals surface area contributed by atoms with E-state index in [2.05, 4.69) is 15.5 Å². The third-order valence-electron chi connectivity index (χ3n) is 5.09. The van der Waals surface area contributed by atoms with E-state index in [9.17, 15) is 9.59 Å². The van der Waals surface area contributed by atoms with Gasteiger partial charge in [-0.2, -0.15) is 10.2 Å². The van der Waals surface area contributed by atoms with Crippen LogP contribution in [0.1, 0.15) is 24.1 Å². The Bertz CT molecular complexity index is 1100. The summed E-state index contributed by atoms with van der Waals surface area (Å²) in [5.41, 5.74) is 2.49. The fraction of sp³-hybridized carbons (Fsp3) is 0.364. The molecule has 0 aliphatic carbocycles. The number of aromatic nitrogens is 4. The first kappa shape index (κ1) is 20.8. The van der Waals surface area contributed by atoms with Gasteiger partial charge in [0, 0.05) is 43.9 Å². The van der Waals surface area contributed by atoms with Crippen molar-refractivity contribution in [2.75, 3.05) is 25.1 Å². The number of rotatable bonds is 6. The number of hydrogen-bond donors (Lipinski definition) is 1. The van der Waals surface area contributed by atoms with Crippen LogP contribution in [0.3, 0.4) is 0 Å². The van der Waals surface area contributed by atoms with Crippen molar-refractivity contribution in [3.05, 3.63) is 70.4 Å². The standard InChI is InChI=1S/C22H25N5O4/c1-26-13-19(12-23-26)27-8-7-21(28)20(25-27)11-16-4-2-6-18(10-16)24-22(29)31-15-17-5-3-9-30-14-17/h2,4,6-8,10,12-13,17H,3,5,9,11,14-15H2,1H3,(H,24,29). The third kappa shape index (κ3) is 5.58. The Labute approximate surface area is 179 Å². The van der Waals surface area contributed by atoms with Crippen molar-refractivity contribution >= 4 is 11.8 Å². The molecule has 1 aliphatic rings. The van der Waals surface area contributed by atoms with Gasteiger partial charge in [0.15, 0.2) is 0 Å². The number of carbonyl (C=O) groups excluding carboxylic acids is 1. The lowest BCUT2D eigenvalue weighted by Gasteiger charge is -2.21. The van der Waals surface area contributed by atoms with Gasteiger partial charge in [-0.1, -0.05) is 12.1 Å². The van der Waals surface area contributed by atoms with Gasteiger partial charge in [-0.3, -0.25) is 14.8 Å². The van der Waals surface area contributed by atoms with E-state index in [1.54, 1.807) is 27.8 Å². The molecule has 1 amide bonds. The van der Waals surface area contributed by atoms with Gasteiger partial charge in [0.2, 0.25) is 5.43 Å². The second kappa shape index (κ2) is 9.57. The summed E-state index contributed by atoms with van der Waals surface area (Å²) in [5.74, 6) is 0.247. The van der Waals surface area contributed by atoms with Crippen LogP contribution < -0.4 is 10.7 Å². The molecular weight excluding hydrogens is 398 g/mol. The smallest absolute Gasteiger partial charge is 0.411 e. The van der Waals surface area contributed by atoms with E-state index in [0.717, 1.165) is 30.7 Å². The van der Waals surface area contributed by atoms with Crippen molar-refractivity contribution in [2.45, 2.75) is 19.3 Å². The first-order valence-corrected chi connectivity index (χ1v) is 10.2. The lowest BCUT2D eigenvalue weighted by atomic mass is 10.0. The van der Waals surface area contributed by atoms with Gasteiger partial charge in [0.05, 0.1) is 25.6 Å². The molecule has 9 nitrogen and oxygen atoms in total. The van der Waals surface area contributed by atoms with Crippen molar-refractivity contribution in [1.82, 2.24) is 19.6 Å². The monoisotopic (exact) mass is 423 g/mol. The quantitative estimate of drug-likeness (QED) is 0.654. The number of amides is 1. The topological polar surface area (TPSA) is 100 Å². The molecule has 3 aromatic rings. The molecular formula is C22H25N5O4. The van der Waals surface area contributed by atoms with Crippen LogP contribution in [0.2, 0.25) is 0 Å². The Hall–Kier alpha value is -3.46. The fourth-order valence-electron chi connectivity index (χ4n) is 3.48. The molecule has 1 N–H and O–H groups in total. The highest BCUT2D eigenvalue weighted by Gasteiger charge is 2.16. The highest BCUT2D eigenvalue weighted by atomic mass is 16.6. The summed E-state index contributed by atoms with van der Waals surface area (Å²) < 4.78 is 14.0. The number of nitrogens with zero attached hydrogens (tertiary/aromatic N) is 4. The molecule has 2 aromatic heterocycles.